The van der Waals surface area contributed by atoms with Gasteiger partial charge in [-0.2, -0.15) is 0 Å². The molecule has 2 saturated heterocycles. The molecule has 3 heterocycles. The van der Waals surface area contributed by atoms with Crippen LogP contribution in [0.2, 0.25) is 0 Å². The standard InChI is InChI=1S/C36H31N3O4/c40-34(32(26-13-3-1-4-14-26)27-15-5-2-6-16-27)37-23-28-21-22-31(33(37)35(41)42)38(28)36(43)39-29-17-9-7-11-24(29)19-20-25-12-8-10-18-30(25)39/h1-20,28,31-33H,21-23H2,(H,41,42)/t28-,31+,33-/m1/s1. The molecule has 4 aromatic carbocycles. The number of likely N-dealkylation sites (tertiary alicyclic amines) is 1. The zero-order valence-corrected chi connectivity index (χ0v) is 23.5. The minimum Gasteiger partial charge on any atom is -0.480 e. The van der Waals surface area contributed by atoms with E-state index in [1.54, 1.807) is 9.80 Å². The van der Waals surface area contributed by atoms with Crippen LogP contribution < -0.4 is 4.90 Å². The lowest BCUT2D eigenvalue weighted by molar-refractivity contribution is -0.156. The van der Waals surface area contributed by atoms with Gasteiger partial charge >= 0.3 is 12.0 Å². The predicted molar refractivity (Wildman–Crippen MR) is 166 cm³/mol. The average molecular weight is 570 g/mol. The van der Waals surface area contributed by atoms with Crippen LogP contribution in [0.5, 0.6) is 0 Å². The first kappa shape index (κ1) is 26.7. The molecule has 2 fully saturated rings. The van der Waals surface area contributed by atoms with Crippen molar-refractivity contribution in [3.8, 4) is 0 Å². The van der Waals surface area contributed by atoms with Crippen LogP contribution in [-0.2, 0) is 9.59 Å². The summed E-state index contributed by atoms with van der Waals surface area (Å²) in [6.07, 6.45) is 5.13. The zero-order chi connectivity index (χ0) is 29.5. The molecule has 214 valence electrons. The molecule has 0 spiro atoms. The first-order valence-electron chi connectivity index (χ1n) is 14.6. The summed E-state index contributed by atoms with van der Waals surface area (Å²) in [6.45, 7) is 0.156. The number of hydrogen-bond acceptors (Lipinski definition) is 3. The van der Waals surface area contributed by atoms with E-state index in [0.717, 1.165) is 33.6 Å². The number of aliphatic carboxylic acids is 1. The van der Waals surface area contributed by atoms with E-state index < -0.39 is 24.0 Å². The van der Waals surface area contributed by atoms with E-state index in [1.807, 2.05) is 121 Å². The van der Waals surface area contributed by atoms with Crippen LogP contribution in [0.1, 0.15) is 41.0 Å². The summed E-state index contributed by atoms with van der Waals surface area (Å²) in [6, 6.07) is 32.0. The third-order valence-electron chi connectivity index (χ3n) is 8.91. The van der Waals surface area contributed by atoms with E-state index in [-0.39, 0.29) is 24.5 Å². The van der Waals surface area contributed by atoms with Crippen LogP contribution in [0.4, 0.5) is 16.2 Å². The molecule has 4 aromatic rings. The molecular weight excluding hydrogens is 538 g/mol. The van der Waals surface area contributed by atoms with Crippen molar-refractivity contribution in [3.05, 3.63) is 131 Å². The summed E-state index contributed by atoms with van der Waals surface area (Å²) in [4.78, 5) is 47.0. The number of carboxylic acids is 1. The maximum atomic E-state index is 14.6. The van der Waals surface area contributed by atoms with E-state index in [2.05, 4.69) is 0 Å². The molecular formula is C36H31N3O4. The summed E-state index contributed by atoms with van der Waals surface area (Å²) < 4.78 is 0. The van der Waals surface area contributed by atoms with Crippen molar-refractivity contribution in [2.24, 2.45) is 0 Å². The summed E-state index contributed by atoms with van der Waals surface area (Å²) in [5.41, 5.74) is 4.89. The van der Waals surface area contributed by atoms with E-state index >= 15 is 0 Å². The van der Waals surface area contributed by atoms with Gasteiger partial charge in [0.15, 0.2) is 0 Å². The van der Waals surface area contributed by atoms with Gasteiger partial charge in [-0.1, -0.05) is 109 Å². The fraction of sp³-hybridized carbons (Fsp3) is 0.194. The van der Waals surface area contributed by atoms with Crippen molar-refractivity contribution in [2.75, 3.05) is 11.4 Å². The Morgan fingerprint density at radius 3 is 1.72 bits per heavy atom. The van der Waals surface area contributed by atoms with Crippen LogP contribution in [0.3, 0.4) is 0 Å². The highest BCUT2D eigenvalue weighted by Crippen LogP contribution is 2.42. The Kier molecular flexibility index (Phi) is 6.78. The maximum Gasteiger partial charge on any atom is 0.329 e. The molecule has 7 heteroatoms. The number of carbonyl (C=O) groups is 3. The second-order valence-corrected chi connectivity index (χ2v) is 11.3. The lowest BCUT2D eigenvalue weighted by Gasteiger charge is -2.47. The largest absolute Gasteiger partial charge is 0.480 e. The second-order valence-electron chi connectivity index (χ2n) is 11.3. The highest BCUT2D eigenvalue weighted by Gasteiger charge is 2.54. The average Bonchev–Trinajstić information content (AvgIpc) is 3.23. The van der Waals surface area contributed by atoms with Crippen LogP contribution in [0.25, 0.3) is 12.2 Å². The van der Waals surface area contributed by atoms with Gasteiger partial charge in [0.25, 0.3) is 0 Å². The van der Waals surface area contributed by atoms with Gasteiger partial charge in [0, 0.05) is 6.54 Å². The van der Waals surface area contributed by atoms with Gasteiger partial charge in [0.1, 0.15) is 6.04 Å². The summed E-state index contributed by atoms with van der Waals surface area (Å²) in [7, 11) is 0. The van der Waals surface area contributed by atoms with Crippen molar-refractivity contribution in [1.29, 1.82) is 0 Å². The van der Waals surface area contributed by atoms with Crippen LogP contribution in [-0.4, -0.2) is 57.5 Å². The minimum absolute atomic E-state index is 0.156. The van der Waals surface area contributed by atoms with Gasteiger partial charge in [-0.15, -0.1) is 0 Å². The summed E-state index contributed by atoms with van der Waals surface area (Å²) >= 11 is 0. The Hall–Kier alpha value is -5.17. The molecule has 0 saturated carbocycles. The molecule has 2 bridgehead atoms. The molecule has 3 aliphatic rings. The number of rotatable bonds is 4. The Morgan fingerprint density at radius 1 is 0.674 bits per heavy atom. The molecule has 1 N–H and O–H groups in total. The van der Waals surface area contributed by atoms with Crippen molar-refractivity contribution in [2.45, 2.75) is 36.9 Å². The molecule has 3 amide bonds. The highest BCUT2D eigenvalue weighted by atomic mass is 16.4. The number of carbonyl (C=O) groups excluding carboxylic acids is 2. The third kappa shape index (κ3) is 4.57. The van der Waals surface area contributed by atoms with Crippen molar-refractivity contribution in [3.63, 3.8) is 0 Å². The molecule has 0 aromatic heterocycles. The molecule has 3 atom stereocenters. The lowest BCUT2D eigenvalue weighted by Crippen LogP contribution is -2.66. The normalized spacial score (nSPS) is 20.4. The van der Waals surface area contributed by atoms with Crippen LogP contribution in [0, 0.1) is 0 Å². The predicted octanol–water partition coefficient (Wildman–Crippen LogP) is 6.39. The topological polar surface area (TPSA) is 81.2 Å². The van der Waals surface area contributed by atoms with Gasteiger partial charge < -0.3 is 14.9 Å². The Labute approximate surface area is 250 Å². The van der Waals surface area contributed by atoms with Crippen molar-refractivity contribution in [1.82, 2.24) is 9.80 Å². The number of urea groups is 1. The number of para-hydroxylation sites is 2. The number of fused-ring (bicyclic) bond motifs is 4. The van der Waals surface area contributed by atoms with E-state index in [1.165, 1.54) is 4.90 Å². The molecule has 0 aliphatic carbocycles. The maximum absolute atomic E-state index is 14.6. The number of hydrogen-bond donors (Lipinski definition) is 1. The third-order valence-corrected chi connectivity index (χ3v) is 8.91. The lowest BCUT2D eigenvalue weighted by atomic mass is 9.88. The van der Waals surface area contributed by atoms with Crippen molar-refractivity contribution < 1.29 is 19.5 Å². The molecule has 0 radical (unpaired) electrons. The second kappa shape index (κ2) is 10.9. The number of nitrogens with zero attached hydrogens (tertiary/aromatic N) is 3. The smallest absolute Gasteiger partial charge is 0.329 e. The monoisotopic (exact) mass is 569 g/mol. The number of carboxylic acid groups (broad SMARTS) is 1. The van der Waals surface area contributed by atoms with Gasteiger partial charge in [-0.05, 0) is 47.2 Å². The van der Waals surface area contributed by atoms with Crippen molar-refractivity contribution >= 4 is 41.4 Å². The van der Waals surface area contributed by atoms with Gasteiger partial charge in [-0.25, -0.2) is 9.59 Å². The number of amides is 3. The van der Waals surface area contributed by atoms with Crippen LogP contribution in [0.15, 0.2) is 109 Å². The van der Waals surface area contributed by atoms with Gasteiger partial charge in [0.2, 0.25) is 5.91 Å². The summed E-state index contributed by atoms with van der Waals surface area (Å²) in [5.74, 6) is -2.01. The van der Waals surface area contributed by atoms with Crippen LogP contribution >= 0.6 is 0 Å². The van der Waals surface area contributed by atoms with E-state index in [0.29, 0.717) is 12.8 Å². The SMILES string of the molecule is O=C(O)[C@H]1[C@@H]2CC[C@H](CN1C(=O)C(c1ccccc1)c1ccccc1)N2C(=O)N1c2ccccc2C=Cc2ccccc21. The Morgan fingerprint density at radius 2 is 1.19 bits per heavy atom. The fourth-order valence-corrected chi connectivity index (χ4v) is 7.00. The molecule has 3 aliphatic heterocycles. The van der Waals surface area contributed by atoms with E-state index in [9.17, 15) is 19.5 Å². The Bertz CT molecular complexity index is 1630. The molecule has 7 nitrogen and oxygen atoms in total. The van der Waals surface area contributed by atoms with E-state index in [4.69, 9.17) is 0 Å². The minimum atomic E-state index is -1.17. The molecule has 0 unspecified atom stereocenters. The summed E-state index contributed by atoms with van der Waals surface area (Å²) in [5, 5.41) is 10.6. The fourth-order valence-electron chi connectivity index (χ4n) is 7.00. The number of benzene rings is 4. The highest BCUT2D eigenvalue weighted by molar-refractivity contribution is 6.06. The quantitative estimate of drug-likeness (QED) is 0.309. The molecule has 43 heavy (non-hydrogen) atoms. The van der Waals surface area contributed by atoms with Gasteiger partial charge in [0.05, 0.1) is 29.4 Å². The Balaban J connectivity index is 1.27. The van der Waals surface area contributed by atoms with Gasteiger partial charge in [-0.3, -0.25) is 9.69 Å². The number of anilines is 2. The first-order chi connectivity index (χ1) is 21.0. The first-order valence-corrected chi connectivity index (χ1v) is 14.6. The number of piperazine rings is 1. The molecule has 7 rings (SSSR count). The zero-order valence-electron chi connectivity index (χ0n) is 23.5.